The summed E-state index contributed by atoms with van der Waals surface area (Å²) in [6.07, 6.45) is 0.942. The summed E-state index contributed by atoms with van der Waals surface area (Å²) >= 11 is 1.41. The van der Waals surface area contributed by atoms with Crippen molar-refractivity contribution in [2.45, 2.75) is 25.0 Å². The minimum absolute atomic E-state index is 0.0145. The number of anilines is 1. The average Bonchev–Trinajstić information content (AvgIpc) is 3.32. The molecule has 0 spiro atoms. The molecule has 180 valence electrons. The van der Waals surface area contributed by atoms with E-state index in [1.165, 1.54) is 17.3 Å². The number of aromatic nitrogens is 3. The number of amides is 1. The Morgan fingerprint density at radius 2 is 1.94 bits per heavy atom. The predicted molar refractivity (Wildman–Crippen MR) is 134 cm³/mol. The largest absolute Gasteiger partial charge is 0.496 e. The average molecular weight is 482 g/mol. The van der Waals surface area contributed by atoms with E-state index in [9.17, 15) is 4.79 Å². The number of aryl methyl sites for hydroxylation is 1. The van der Waals surface area contributed by atoms with Gasteiger partial charge in [0, 0.05) is 32.2 Å². The van der Waals surface area contributed by atoms with E-state index < -0.39 is 0 Å². The van der Waals surface area contributed by atoms with Gasteiger partial charge in [0.1, 0.15) is 5.75 Å². The molecule has 0 radical (unpaired) electrons. The first-order valence-electron chi connectivity index (χ1n) is 11.5. The van der Waals surface area contributed by atoms with Gasteiger partial charge in [0.25, 0.3) is 0 Å². The maximum Gasteiger partial charge on any atom is 0.233 e. The molecule has 0 aliphatic carbocycles. The van der Waals surface area contributed by atoms with E-state index >= 15 is 0 Å². The van der Waals surface area contributed by atoms with Crippen LogP contribution < -0.4 is 9.64 Å². The van der Waals surface area contributed by atoms with Crippen molar-refractivity contribution in [2.24, 2.45) is 0 Å². The molecule has 0 bridgehead atoms. The fourth-order valence-electron chi connectivity index (χ4n) is 3.88. The van der Waals surface area contributed by atoms with E-state index in [2.05, 4.69) is 50.9 Å². The van der Waals surface area contributed by atoms with Crippen LogP contribution in [0.4, 0.5) is 5.95 Å². The van der Waals surface area contributed by atoms with Crippen molar-refractivity contribution in [1.29, 1.82) is 0 Å². The molecular weight excluding hydrogens is 450 g/mol. The highest BCUT2D eigenvalue weighted by Gasteiger charge is 2.23. The molecular formula is C25H31N5O3S. The number of benzene rings is 2. The van der Waals surface area contributed by atoms with Crippen molar-refractivity contribution in [3.8, 4) is 11.4 Å². The first kappa shape index (κ1) is 24.1. The molecule has 1 aliphatic rings. The Labute approximate surface area is 204 Å². The molecule has 2 aromatic carbocycles. The summed E-state index contributed by atoms with van der Waals surface area (Å²) < 4.78 is 13.0. The standard InChI is InChI=1S/C25H31N5O3S/c1-4-19-8-7-10-21(16-19)30-24(29-12-14-33-15-13-29)26-27-25(30)34-18-23(31)28(2)17-20-9-5-6-11-22(20)32-3/h5-11,16H,4,12-15,17-18H2,1-3H3. The number of hydrogen-bond acceptors (Lipinski definition) is 7. The molecule has 2 heterocycles. The fourth-order valence-corrected chi connectivity index (χ4v) is 4.77. The van der Waals surface area contributed by atoms with E-state index in [0.29, 0.717) is 24.9 Å². The summed E-state index contributed by atoms with van der Waals surface area (Å²) in [6, 6.07) is 16.1. The van der Waals surface area contributed by atoms with Gasteiger partial charge in [-0.3, -0.25) is 9.36 Å². The van der Waals surface area contributed by atoms with Gasteiger partial charge >= 0.3 is 0 Å². The van der Waals surface area contributed by atoms with Gasteiger partial charge in [-0.15, -0.1) is 10.2 Å². The van der Waals surface area contributed by atoms with Crippen LogP contribution >= 0.6 is 11.8 Å². The highest BCUT2D eigenvalue weighted by molar-refractivity contribution is 7.99. The van der Waals surface area contributed by atoms with Gasteiger partial charge in [0.15, 0.2) is 5.16 Å². The van der Waals surface area contributed by atoms with Crippen LogP contribution in [-0.2, 0) is 22.5 Å². The van der Waals surface area contributed by atoms with Gasteiger partial charge in [-0.05, 0) is 30.2 Å². The third kappa shape index (κ3) is 5.53. The maximum absolute atomic E-state index is 13.0. The zero-order chi connectivity index (χ0) is 23.9. The van der Waals surface area contributed by atoms with Gasteiger partial charge in [-0.1, -0.05) is 49.0 Å². The number of para-hydroxylation sites is 1. The highest BCUT2D eigenvalue weighted by Crippen LogP contribution is 2.28. The summed E-state index contributed by atoms with van der Waals surface area (Å²) in [7, 11) is 3.45. The molecule has 1 fully saturated rings. The Kier molecular flexibility index (Phi) is 8.08. The molecule has 0 atom stereocenters. The number of hydrogen-bond donors (Lipinski definition) is 0. The van der Waals surface area contributed by atoms with Crippen LogP contribution in [0.15, 0.2) is 53.7 Å². The number of carbonyl (C=O) groups excluding carboxylic acids is 1. The smallest absolute Gasteiger partial charge is 0.233 e. The van der Waals surface area contributed by atoms with Crippen LogP contribution in [0.5, 0.6) is 5.75 Å². The van der Waals surface area contributed by atoms with Crippen LogP contribution in [0.25, 0.3) is 5.69 Å². The molecule has 1 aliphatic heterocycles. The van der Waals surface area contributed by atoms with Crippen LogP contribution in [0.3, 0.4) is 0 Å². The van der Waals surface area contributed by atoms with Gasteiger partial charge in [0.2, 0.25) is 11.9 Å². The molecule has 0 saturated carbocycles. The van der Waals surface area contributed by atoms with Gasteiger partial charge in [-0.2, -0.15) is 0 Å². The minimum atomic E-state index is 0.0145. The molecule has 1 saturated heterocycles. The quantitative estimate of drug-likeness (QED) is 0.434. The van der Waals surface area contributed by atoms with Gasteiger partial charge < -0.3 is 19.3 Å². The summed E-state index contributed by atoms with van der Waals surface area (Å²) in [5, 5.41) is 9.68. The summed E-state index contributed by atoms with van der Waals surface area (Å²) in [4.78, 5) is 16.9. The number of methoxy groups -OCH3 is 1. The molecule has 1 aromatic heterocycles. The Hall–Kier alpha value is -3.04. The van der Waals surface area contributed by atoms with E-state index in [0.717, 1.165) is 42.5 Å². The van der Waals surface area contributed by atoms with Crippen molar-refractivity contribution in [3.05, 3.63) is 59.7 Å². The van der Waals surface area contributed by atoms with E-state index in [1.54, 1.807) is 12.0 Å². The Morgan fingerprint density at radius 1 is 1.15 bits per heavy atom. The van der Waals surface area contributed by atoms with Gasteiger partial charge in [-0.25, -0.2) is 0 Å². The third-order valence-corrected chi connectivity index (χ3v) is 6.75. The maximum atomic E-state index is 13.0. The Bertz CT molecular complexity index is 1110. The highest BCUT2D eigenvalue weighted by atomic mass is 32.2. The second-order valence-corrected chi connectivity index (χ2v) is 9.03. The van der Waals surface area contributed by atoms with Gasteiger partial charge in [0.05, 0.1) is 31.8 Å². The molecule has 1 amide bonds. The summed E-state index contributed by atoms with van der Waals surface area (Å²) in [5.74, 6) is 1.84. The molecule has 4 rings (SSSR count). The van der Waals surface area contributed by atoms with Crippen LogP contribution in [0.2, 0.25) is 0 Å². The zero-order valence-corrected chi connectivity index (χ0v) is 20.8. The number of carbonyl (C=O) groups is 1. The van der Waals surface area contributed by atoms with Crippen molar-refractivity contribution < 1.29 is 14.3 Å². The normalized spacial score (nSPS) is 13.7. The van der Waals surface area contributed by atoms with Crippen molar-refractivity contribution >= 4 is 23.6 Å². The molecule has 8 nitrogen and oxygen atoms in total. The monoisotopic (exact) mass is 481 g/mol. The number of nitrogens with zero attached hydrogens (tertiary/aromatic N) is 5. The van der Waals surface area contributed by atoms with Crippen LogP contribution in [0.1, 0.15) is 18.1 Å². The Morgan fingerprint density at radius 3 is 2.71 bits per heavy atom. The first-order valence-corrected chi connectivity index (χ1v) is 12.4. The van der Waals surface area contributed by atoms with E-state index in [1.807, 2.05) is 31.3 Å². The van der Waals surface area contributed by atoms with Crippen molar-refractivity contribution in [3.63, 3.8) is 0 Å². The molecule has 3 aromatic rings. The lowest BCUT2D eigenvalue weighted by Gasteiger charge is -2.28. The lowest BCUT2D eigenvalue weighted by molar-refractivity contribution is -0.127. The van der Waals surface area contributed by atoms with Crippen LogP contribution in [-0.4, -0.2) is 71.8 Å². The second-order valence-electron chi connectivity index (χ2n) is 8.09. The summed E-state index contributed by atoms with van der Waals surface area (Å²) in [6.45, 7) is 5.47. The SMILES string of the molecule is CCc1cccc(-n2c(SCC(=O)N(C)Cc3ccccc3OC)nnc2N2CCOCC2)c1. The molecule has 0 unspecified atom stereocenters. The van der Waals surface area contributed by atoms with E-state index in [4.69, 9.17) is 9.47 Å². The topological polar surface area (TPSA) is 72.7 Å². The molecule has 34 heavy (non-hydrogen) atoms. The van der Waals surface area contributed by atoms with Crippen LogP contribution in [0, 0.1) is 0 Å². The Balaban J connectivity index is 1.53. The van der Waals surface area contributed by atoms with Crippen molar-refractivity contribution in [2.75, 3.05) is 51.1 Å². The molecule has 0 N–H and O–H groups in total. The van der Waals surface area contributed by atoms with E-state index in [-0.39, 0.29) is 11.7 Å². The minimum Gasteiger partial charge on any atom is -0.496 e. The lowest BCUT2D eigenvalue weighted by Crippen LogP contribution is -2.37. The van der Waals surface area contributed by atoms with Crippen molar-refractivity contribution in [1.82, 2.24) is 19.7 Å². The second kappa shape index (κ2) is 11.4. The number of morpholine rings is 1. The summed E-state index contributed by atoms with van der Waals surface area (Å²) in [5.41, 5.74) is 3.21. The number of rotatable bonds is 9. The molecule has 9 heteroatoms. The number of thioether (sulfide) groups is 1. The fraction of sp³-hybridized carbons (Fsp3) is 0.400. The third-order valence-electron chi connectivity index (χ3n) is 5.84. The predicted octanol–water partition coefficient (Wildman–Crippen LogP) is 3.43. The lowest BCUT2D eigenvalue weighted by atomic mass is 10.1. The number of ether oxygens (including phenoxy) is 2. The zero-order valence-electron chi connectivity index (χ0n) is 19.9. The first-order chi connectivity index (χ1) is 16.6.